The molecule has 2 atom stereocenters. The van der Waals surface area contributed by atoms with Crippen LogP contribution in [0.1, 0.15) is 33.3 Å². The number of rotatable bonds is 5. The topological polar surface area (TPSA) is 28.2 Å². The molecule has 0 bridgehead atoms. The zero-order valence-corrected chi connectivity index (χ0v) is 12.7. The van der Waals surface area contributed by atoms with Crippen molar-refractivity contribution in [3.8, 4) is 0 Å². The van der Waals surface area contributed by atoms with E-state index in [-0.39, 0.29) is 0 Å². The molecule has 1 saturated heterocycles. The van der Waals surface area contributed by atoms with Crippen molar-refractivity contribution in [2.45, 2.75) is 34.2 Å². The van der Waals surface area contributed by atoms with E-state index in [0.717, 1.165) is 38.0 Å². The Labute approximate surface area is 117 Å². The minimum absolute atomic E-state index is 0.687. The van der Waals surface area contributed by atoms with Crippen molar-refractivity contribution in [1.29, 1.82) is 0 Å². The Morgan fingerprint density at radius 3 is 2.63 bits per heavy atom. The standard InChI is InChI=1S/C16H27N3/c1-12(2)8-17-9-15-6-5-7-18-16(15)19-10-13(3)14(4)11-19/h5-7,12-14,17H,8-11H2,1-4H3. The van der Waals surface area contributed by atoms with Gasteiger partial charge >= 0.3 is 0 Å². The molecule has 3 heteroatoms. The normalized spacial score (nSPS) is 23.3. The third-order valence-corrected chi connectivity index (χ3v) is 4.02. The van der Waals surface area contributed by atoms with E-state index in [1.165, 1.54) is 11.4 Å². The van der Waals surface area contributed by atoms with Gasteiger partial charge in [0.1, 0.15) is 5.82 Å². The van der Waals surface area contributed by atoms with E-state index in [4.69, 9.17) is 0 Å². The third kappa shape index (κ3) is 3.69. The number of anilines is 1. The molecule has 1 aliphatic rings. The molecule has 1 aromatic rings. The Morgan fingerprint density at radius 2 is 2.00 bits per heavy atom. The predicted molar refractivity (Wildman–Crippen MR) is 81.3 cm³/mol. The summed E-state index contributed by atoms with van der Waals surface area (Å²) in [6, 6.07) is 4.24. The molecule has 0 saturated carbocycles. The first kappa shape index (κ1) is 14.3. The highest BCUT2D eigenvalue weighted by molar-refractivity contribution is 5.47. The number of hydrogen-bond acceptors (Lipinski definition) is 3. The lowest BCUT2D eigenvalue weighted by Gasteiger charge is -2.21. The van der Waals surface area contributed by atoms with E-state index >= 15 is 0 Å². The lowest BCUT2D eigenvalue weighted by Crippen LogP contribution is -2.25. The average Bonchev–Trinajstić information content (AvgIpc) is 2.70. The van der Waals surface area contributed by atoms with Crippen molar-refractivity contribution >= 4 is 5.82 Å². The fourth-order valence-corrected chi connectivity index (χ4v) is 2.65. The molecule has 1 aliphatic heterocycles. The van der Waals surface area contributed by atoms with Crippen molar-refractivity contribution in [2.24, 2.45) is 17.8 Å². The van der Waals surface area contributed by atoms with E-state index in [0.29, 0.717) is 5.92 Å². The van der Waals surface area contributed by atoms with E-state index in [1.807, 2.05) is 12.3 Å². The summed E-state index contributed by atoms with van der Waals surface area (Å²) in [5, 5.41) is 3.52. The largest absolute Gasteiger partial charge is 0.356 e. The summed E-state index contributed by atoms with van der Waals surface area (Å²) in [7, 11) is 0. The van der Waals surface area contributed by atoms with E-state index < -0.39 is 0 Å². The molecule has 1 N–H and O–H groups in total. The van der Waals surface area contributed by atoms with Crippen LogP contribution in [0.15, 0.2) is 18.3 Å². The molecule has 1 aromatic heterocycles. The Morgan fingerprint density at radius 1 is 1.32 bits per heavy atom. The maximum Gasteiger partial charge on any atom is 0.133 e. The van der Waals surface area contributed by atoms with Crippen LogP contribution in [0.3, 0.4) is 0 Å². The van der Waals surface area contributed by atoms with Gasteiger partial charge in [-0.15, -0.1) is 0 Å². The molecule has 0 aliphatic carbocycles. The van der Waals surface area contributed by atoms with E-state index in [2.05, 4.69) is 49.0 Å². The summed E-state index contributed by atoms with van der Waals surface area (Å²) in [6.07, 6.45) is 1.91. The van der Waals surface area contributed by atoms with Crippen molar-refractivity contribution in [1.82, 2.24) is 10.3 Å². The smallest absolute Gasteiger partial charge is 0.133 e. The molecule has 0 aromatic carbocycles. The van der Waals surface area contributed by atoms with Gasteiger partial charge in [-0.05, 0) is 30.4 Å². The molecule has 1 fully saturated rings. The van der Waals surface area contributed by atoms with Gasteiger partial charge in [0.25, 0.3) is 0 Å². The molecule has 2 unspecified atom stereocenters. The van der Waals surface area contributed by atoms with Gasteiger partial charge < -0.3 is 10.2 Å². The molecule has 0 spiro atoms. The van der Waals surface area contributed by atoms with Gasteiger partial charge in [-0.3, -0.25) is 0 Å². The van der Waals surface area contributed by atoms with Crippen molar-refractivity contribution in [3.63, 3.8) is 0 Å². The van der Waals surface area contributed by atoms with Gasteiger partial charge in [-0.25, -0.2) is 4.98 Å². The molecular weight excluding hydrogens is 234 g/mol. The van der Waals surface area contributed by atoms with Crippen LogP contribution in [0.25, 0.3) is 0 Å². The van der Waals surface area contributed by atoms with Gasteiger partial charge in [0, 0.05) is 31.4 Å². The summed E-state index contributed by atoms with van der Waals surface area (Å²) in [4.78, 5) is 7.06. The first-order chi connectivity index (χ1) is 9.08. The fraction of sp³-hybridized carbons (Fsp3) is 0.688. The van der Waals surface area contributed by atoms with Crippen LogP contribution in [-0.2, 0) is 6.54 Å². The molecular formula is C16H27N3. The average molecular weight is 261 g/mol. The maximum atomic E-state index is 4.61. The number of hydrogen-bond donors (Lipinski definition) is 1. The van der Waals surface area contributed by atoms with E-state index in [9.17, 15) is 0 Å². The summed E-state index contributed by atoms with van der Waals surface area (Å²) in [5.74, 6) is 3.39. The molecule has 106 valence electrons. The Balaban J connectivity index is 2.04. The number of pyridine rings is 1. The molecule has 3 nitrogen and oxygen atoms in total. The number of nitrogens with one attached hydrogen (secondary N) is 1. The summed E-state index contributed by atoms with van der Waals surface area (Å²) >= 11 is 0. The second-order valence-electron chi connectivity index (χ2n) is 6.37. The van der Waals surface area contributed by atoms with Gasteiger partial charge in [0.15, 0.2) is 0 Å². The second-order valence-corrected chi connectivity index (χ2v) is 6.37. The maximum absolute atomic E-state index is 4.61. The molecule has 0 amide bonds. The Bertz CT molecular complexity index is 393. The lowest BCUT2D eigenvalue weighted by molar-refractivity contribution is 0.494. The highest BCUT2D eigenvalue weighted by Crippen LogP contribution is 2.28. The molecule has 19 heavy (non-hydrogen) atoms. The van der Waals surface area contributed by atoms with Crippen molar-refractivity contribution in [3.05, 3.63) is 23.9 Å². The van der Waals surface area contributed by atoms with Gasteiger partial charge in [0.2, 0.25) is 0 Å². The van der Waals surface area contributed by atoms with Crippen LogP contribution in [0.4, 0.5) is 5.82 Å². The monoisotopic (exact) mass is 261 g/mol. The number of aromatic nitrogens is 1. The minimum Gasteiger partial charge on any atom is -0.356 e. The van der Waals surface area contributed by atoms with Gasteiger partial charge in [-0.2, -0.15) is 0 Å². The van der Waals surface area contributed by atoms with Crippen LogP contribution >= 0.6 is 0 Å². The Kier molecular flexibility index (Phi) is 4.81. The SMILES string of the molecule is CC(C)CNCc1cccnc1N1CC(C)C(C)C1. The quantitative estimate of drug-likeness (QED) is 0.883. The third-order valence-electron chi connectivity index (χ3n) is 4.02. The second kappa shape index (κ2) is 6.38. The van der Waals surface area contributed by atoms with Crippen LogP contribution in [0.2, 0.25) is 0 Å². The highest BCUT2D eigenvalue weighted by atomic mass is 15.2. The van der Waals surface area contributed by atoms with Crippen LogP contribution in [0, 0.1) is 17.8 Å². The number of nitrogens with zero attached hydrogens (tertiary/aromatic N) is 2. The van der Waals surface area contributed by atoms with Crippen LogP contribution < -0.4 is 10.2 Å². The van der Waals surface area contributed by atoms with Gasteiger partial charge in [0.05, 0.1) is 0 Å². The summed E-state index contributed by atoms with van der Waals surface area (Å²) < 4.78 is 0. The van der Waals surface area contributed by atoms with Crippen molar-refractivity contribution in [2.75, 3.05) is 24.5 Å². The molecule has 2 rings (SSSR count). The lowest BCUT2D eigenvalue weighted by atomic mass is 10.0. The first-order valence-corrected chi connectivity index (χ1v) is 7.47. The highest BCUT2D eigenvalue weighted by Gasteiger charge is 2.27. The summed E-state index contributed by atoms with van der Waals surface area (Å²) in [6.45, 7) is 13.4. The predicted octanol–water partition coefficient (Wildman–Crippen LogP) is 2.92. The van der Waals surface area contributed by atoms with Crippen molar-refractivity contribution < 1.29 is 0 Å². The molecule has 0 radical (unpaired) electrons. The van der Waals surface area contributed by atoms with Gasteiger partial charge in [-0.1, -0.05) is 33.8 Å². The zero-order chi connectivity index (χ0) is 13.8. The van der Waals surface area contributed by atoms with E-state index in [1.54, 1.807) is 0 Å². The fourth-order valence-electron chi connectivity index (χ4n) is 2.65. The Hall–Kier alpha value is -1.09. The minimum atomic E-state index is 0.687. The zero-order valence-electron chi connectivity index (χ0n) is 12.7. The van der Waals surface area contributed by atoms with Crippen LogP contribution in [-0.4, -0.2) is 24.6 Å². The summed E-state index contributed by atoms with van der Waals surface area (Å²) in [5.41, 5.74) is 1.32. The molecule has 2 heterocycles. The van der Waals surface area contributed by atoms with Crippen LogP contribution in [0.5, 0.6) is 0 Å². The first-order valence-electron chi connectivity index (χ1n) is 7.47.